The van der Waals surface area contributed by atoms with Crippen molar-refractivity contribution in [2.24, 2.45) is 0 Å². The SMILES string of the molecule is N#Cc1c(NC(=O)/C=C\C(=O)O)sc2c1CCC2. The van der Waals surface area contributed by atoms with Crippen molar-refractivity contribution >= 4 is 28.2 Å². The van der Waals surface area contributed by atoms with Gasteiger partial charge in [-0.3, -0.25) is 4.79 Å². The molecule has 0 saturated carbocycles. The van der Waals surface area contributed by atoms with Gasteiger partial charge in [-0.1, -0.05) is 0 Å². The van der Waals surface area contributed by atoms with Crippen LogP contribution in [-0.2, 0) is 22.4 Å². The number of carbonyl (C=O) groups is 2. The van der Waals surface area contributed by atoms with Gasteiger partial charge in [-0.15, -0.1) is 11.3 Å². The van der Waals surface area contributed by atoms with Crippen molar-refractivity contribution in [1.82, 2.24) is 0 Å². The van der Waals surface area contributed by atoms with Crippen LogP contribution < -0.4 is 5.32 Å². The van der Waals surface area contributed by atoms with Crippen LogP contribution >= 0.6 is 11.3 Å². The molecule has 0 bridgehead atoms. The van der Waals surface area contributed by atoms with Gasteiger partial charge in [-0.2, -0.15) is 5.26 Å². The molecule has 1 aliphatic rings. The molecule has 1 aromatic rings. The first-order chi connectivity index (χ1) is 8.61. The number of nitrogens with one attached hydrogen (secondary N) is 1. The molecule has 0 saturated heterocycles. The standard InChI is InChI=1S/C12H10N2O3S/c13-6-8-7-2-1-3-9(7)18-12(8)14-10(15)4-5-11(16)17/h4-5H,1-3H2,(H,14,15)(H,16,17)/b5-4-. The summed E-state index contributed by atoms with van der Waals surface area (Å²) in [5, 5.41) is 20.6. The normalized spacial score (nSPS) is 13.3. The monoisotopic (exact) mass is 262 g/mol. The number of rotatable bonds is 3. The van der Waals surface area contributed by atoms with Gasteiger partial charge in [0.25, 0.3) is 0 Å². The van der Waals surface area contributed by atoms with Gasteiger partial charge in [0.2, 0.25) is 5.91 Å². The number of nitrogens with zero attached hydrogens (tertiary/aromatic N) is 1. The van der Waals surface area contributed by atoms with Gasteiger partial charge in [0.1, 0.15) is 11.1 Å². The summed E-state index contributed by atoms with van der Waals surface area (Å²) in [5.41, 5.74) is 1.55. The fourth-order valence-corrected chi connectivity index (χ4v) is 3.15. The number of anilines is 1. The molecule has 1 aliphatic carbocycles. The second-order valence-electron chi connectivity index (χ2n) is 3.83. The lowest BCUT2D eigenvalue weighted by Gasteiger charge is -1.99. The highest BCUT2D eigenvalue weighted by molar-refractivity contribution is 7.16. The molecule has 1 amide bonds. The first kappa shape index (κ1) is 12.3. The van der Waals surface area contributed by atoms with Crippen molar-refractivity contribution in [2.45, 2.75) is 19.3 Å². The van der Waals surface area contributed by atoms with Gasteiger partial charge in [-0.25, -0.2) is 4.79 Å². The second kappa shape index (κ2) is 5.02. The van der Waals surface area contributed by atoms with E-state index in [0.717, 1.165) is 41.9 Å². The molecule has 0 fully saturated rings. The number of aliphatic carboxylic acids is 1. The molecule has 1 aromatic heterocycles. The van der Waals surface area contributed by atoms with Crippen LogP contribution in [0.15, 0.2) is 12.2 Å². The maximum Gasteiger partial charge on any atom is 0.328 e. The quantitative estimate of drug-likeness (QED) is 0.811. The van der Waals surface area contributed by atoms with Gasteiger partial charge < -0.3 is 10.4 Å². The molecule has 6 heteroatoms. The minimum atomic E-state index is -1.18. The summed E-state index contributed by atoms with van der Waals surface area (Å²) >= 11 is 1.40. The van der Waals surface area contributed by atoms with Crippen LogP contribution in [0, 0.1) is 11.3 Å². The van der Waals surface area contributed by atoms with Crippen molar-refractivity contribution in [1.29, 1.82) is 5.26 Å². The highest BCUT2D eigenvalue weighted by Crippen LogP contribution is 2.38. The summed E-state index contributed by atoms with van der Waals surface area (Å²) in [6.07, 6.45) is 4.56. The number of nitriles is 1. The van der Waals surface area contributed by atoms with Crippen LogP contribution in [0.25, 0.3) is 0 Å². The lowest BCUT2D eigenvalue weighted by molar-refractivity contribution is -0.131. The number of fused-ring (bicyclic) bond motifs is 1. The van der Waals surface area contributed by atoms with E-state index in [1.165, 1.54) is 11.3 Å². The molecular weight excluding hydrogens is 252 g/mol. The van der Waals surface area contributed by atoms with Gasteiger partial charge in [0, 0.05) is 17.0 Å². The van der Waals surface area contributed by atoms with Crippen molar-refractivity contribution in [3.05, 3.63) is 28.2 Å². The minimum Gasteiger partial charge on any atom is -0.478 e. The maximum atomic E-state index is 11.4. The molecular formula is C12H10N2O3S. The van der Waals surface area contributed by atoms with Gasteiger partial charge >= 0.3 is 5.97 Å². The third kappa shape index (κ3) is 2.41. The summed E-state index contributed by atoms with van der Waals surface area (Å²) in [6.45, 7) is 0. The van der Waals surface area contributed by atoms with E-state index in [0.29, 0.717) is 10.6 Å². The van der Waals surface area contributed by atoms with Crippen LogP contribution in [0.4, 0.5) is 5.00 Å². The number of amides is 1. The summed E-state index contributed by atoms with van der Waals surface area (Å²) in [4.78, 5) is 22.9. The van der Waals surface area contributed by atoms with Gasteiger partial charge in [0.05, 0.1) is 5.56 Å². The van der Waals surface area contributed by atoms with E-state index in [2.05, 4.69) is 11.4 Å². The van der Waals surface area contributed by atoms with Crippen molar-refractivity contribution < 1.29 is 14.7 Å². The minimum absolute atomic E-state index is 0.516. The average Bonchev–Trinajstić information content (AvgIpc) is 2.86. The number of aryl methyl sites for hydroxylation is 1. The Balaban J connectivity index is 2.18. The third-order valence-corrected chi connectivity index (χ3v) is 3.85. The molecule has 5 nitrogen and oxygen atoms in total. The van der Waals surface area contributed by atoms with E-state index < -0.39 is 11.9 Å². The highest BCUT2D eigenvalue weighted by Gasteiger charge is 2.22. The van der Waals surface area contributed by atoms with Gasteiger partial charge in [0.15, 0.2) is 0 Å². The van der Waals surface area contributed by atoms with E-state index in [-0.39, 0.29) is 0 Å². The predicted molar refractivity (Wildman–Crippen MR) is 66.5 cm³/mol. The Morgan fingerprint density at radius 2 is 2.17 bits per heavy atom. The Morgan fingerprint density at radius 3 is 2.83 bits per heavy atom. The lowest BCUT2D eigenvalue weighted by Crippen LogP contribution is -2.08. The summed E-state index contributed by atoms with van der Waals surface area (Å²) in [7, 11) is 0. The van der Waals surface area contributed by atoms with Crippen LogP contribution in [0.1, 0.15) is 22.4 Å². The van der Waals surface area contributed by atoms with E-state index in [4.69, 9.17) is 10.4 Å². The number of hydrogen-bond donors (Lipinski definition) is 2. The second-order valence-corrected chi connectivity index (χ2v) is 4.94. The zero-order valence-electron chi connectivity index (χ0n) is 9.40. The molecule has 2 N–H and O–H groups in total. The maximum absolute atomic E-state index is 11.4. The zero-order chi connectivity index (χ0) is 13.1. The molecule has 92 valence electrons. The number of hydrogen-bond acceptors (Lipinski definition) is 4. The smallest absolute Gasteiger partial charge is 0.328 e. The Morgan fingerprint density at radius 1 is 1.39 bits per heavy atom. The van der Waals surface area contributed by atoms with Crippen LogP contribution in [-0.4, -0.2) is 17.0 Å². The molecule has 0 unspecified atom stereocenters. The molecule has 1 heterocycles. The van der Waals surface area contributed by atoms with Crippen molar-refractivity contribution in [2.75, 3.05) is 5.32 Å². The molecule has 0 aromatic carbocycles. The first-order valence-electron chi connectivity index (χ1n) is 5.38. The zero-order valence-corrected chi connectivity index (χ0v) is 10.2. The summed E-state index contributed by atoms with van der Waals surface area (Å²) < 4.78 is 0. The Hall–Kier alpha value is -2.13. The fourth-order valence-electron chi connectivity index (χ4n) is 1.91. The average molecular weight is 262 g/mol. The molecule has 0 radical (unpaired) electrons. The molecule has 0 spiro atoms. The molecule has 0 aliphatic heterocycles. The predicted octanol–water partition coefficient (Wildman–Crippen LogP) is 1.69. The van der Waals surface area contributed by atoms with Crippen molar-refractivity contribution in [3.8, 4) is 6.07 Å². The largest absolute Gasteiger partial charge is 0.478 e. The van der Waals surface area contributed by atoms with E-state index in [1.807, 2.05) is 0 Å². The highest BCUT2D eigenvalue weighted by atomic mass is 32.1. The molecule has 2 rings (SSSR count). The lowest BCUT2D eigenvalue weighted by atomic mass is 10.1. The van der Waals surface area contributed by atoms with Crippen LogP contribution in [0.5, 0.6) is 0 Å². The number of carboxylic acid groups (broad SMARTS) is 1. The summed E-state index contributed by atoms with van der Waals surface area (Å²) in [5.74, 6) is -1.71. The topological polar surface area (TPSA) is 90.2 Å². The summed E-state index contributed by atoms with van der Waals surface area (Å²) in [6, 6.07) is 2.10. The number of thiophene rings is 1. The molecule has 0 atom stereocenters. The van der Waals surface area contributed by atoms with Crippen molar-refractivity contribution in [3.63, 3.8) is 0 Å². The number of carbonyl (C=O) groups excluding carboxylic acids is 1. The fraction of sp³-hybridized carbons (Fsp3) is 0.250. The van der Waals surface area contributed by atoms with Crippen LogP contribution in [0.2, 0.25) is 0 Å². The Bertz CT molecular complexity index is 581. The van der Waals surface area contributed by atoms with E-state index >= 15 is 0 Å². The Labute approximate surface area is 107 Å². The number of carboxylic acids is 1. The molecule has 18 heavy (non-hydrogen) atoms. The van der Waals surface area contributed by atoms with E-state index in [9.17, 15) is 9.59 Å². The van der Waals surface area contributed by atoms with Crippen LogP contribution in [0.3, 0.4) is 0 Å². The van der Waals surface area contributed by atoms with E-state index in [1.54, 1.807) is 0 Å². The first-order valence-corrected chi connectivity index (χ1v) is 6.20. The van der Waals surface area contributed by atoms with Gasteiger partial charge in [-0.05, 0) is 24.8 Å². The third-order valence-electron chi connectivity index (χ3n) is 2.65. The Kier molecular flexibility index (Phi) is 3.44.